The van der Waals surface area contributed by atoms with Crippen molar-refractivity contribution in [3.63, 3.8) is 0 Å². The first-order valence-electron chi connectivity index (χ1n) is 8.72. The van der Waals surface area contributed by atoms with Gasteiger partial charge in [-0.25, -0.2) is 0 Å². The smallest absolute Gasteiger partial charge is 0.0318 e. The molecule has 0 unspecified atom stereocenters. The van der Waals surface area contributed by atoms with Crippen LogP contribution in [0.15, 0.2) is 0 Å². The first-order valence-corrected chi connectivity index (χ1v) is 8.72. The van der Waals surface area contributed by atoms with E-state index in [1.165, 1.54) is 77.0 Å². The highest BCUT2D eigenvalue weighted by Gasteiger charge is 2.25. The number of nitrogens with one attached hydrogen (secondary N) is 1. The van der Waals surface area contributed by atoms with E-state index in [1.54, 1.807) is 0 Å². The molecule has 0 aromatic rings. The summed E-state index contributed by atoms with van der Waals surface area (Å²) >= 11 is 0. The van der Waals surface area contributed by atoms with Crippen molar-refractivity contribution in [1.82, 2.24) is 5.43 Å². The second-order valence-corrected chi connectivity index (χ2v) is 6.11. The van der Waals surface area contributed by atoms with E-state index in [1.807, 2.05) is 0 Å². The van der Waals surface area contributed by atoms with Crippen LogP contribution in [0.25, 0.3) is 0 Å². The molecule has 2 heteroatoms. The third kappa shape index (κ3) is 9.45. The van der Waals surface area contributed by atoms with Gasteiger partial charge in [-0.05, 0) is 19.3 Å². The lowest BCUT2D eigenvalue weighted by Crippen LogP contribution is -2.48. The van der Waals surface area contributed by atoms with Crippen LogP contribution >= 0.6 is 0 Å². The Hall–Kier alpha value is -0.0800. The molecule has 0 saturated heterocycles. The van der Waals surface area contributed by atoms with Crippen LogP contribution in [0.2, 0.25) is 0 Å². The van der Waals surface area contributed by atoms with Crippen LogP contribution in [-0.4, -0.2) is 5.54 Å². The monoisotopic (exact) mass is 270 g/mol. The van der Waals surface area contributed by atoms with Crippen molar-refractivity contribution in [1.29, 1.82) is 0 Å². The van der Waals surface area contributed by atoms with Gasteiger partial charge in [-0.3, -0.25) is 11.3 Å². The summed E-state index contributed by atoms with van der Waals surface area (Å²) in [4.78, 5) is 0. The zero-order valence-corrected chi connectivity index (χ0v) is 13.8. The van der Waals surface area contributed by atoms with Crippen LogP contribution in [0.3, 0.4) is 0 Å². The second-order valence-electron chi connectivity index (χ2n) is 6.11. The van der Waals surface area contributed by atoms with Gasteiger partial charge in [-0.1, -0.05) is 85.0 Å². The topological polar surface area (TPSA) is 38.0 Å². The highest BCUT2D eigenvalue weighted by atomic mass is 15.3. The van der Waals surface area contributed by atoms with Crippen LogP contribution in [0.4, 0.5) is 0 Å². The average molecular weight is 271 g/mol. The molecular formula is C17H38N2. The molecule has 0 saturated carbocycles. The Kier molecular flexibility index (Phi) is 12.9. The van der Waals surface area contributed by atoms with E-state index < -0.39 is 0 Å². The van der Waals surface area contributed by atoms with E-state index in [4.69, 9.17) is 5.84 Å². The van der Waals surface area contributed by atoms with Gasteiger partial charge in [0.05, 0.1) is 0 Å². The highest BCUT2D eigenvalue weighted by Crippen LogP contribution is 2.25. The Labute approximate surface area is 121 Å². The number of hydrazine groups is 1. The summed E-state index contributed by atoms with van der Waals surface area (Å²) in [7, 11) is 0. The van der Waals surface area contributed by atoms with Crippen molar-refractivity contribution < 1.29 is 0 Å². The normalized spacial score (nSPS) is 12.0. The Morgan fingerprint density at radius 2 is 1.11 bits per heavy atom. The maximum atomic E-state index is 5.85. The summed E-state index contributed by atoms with van der Waals surface area (Å²) < 4.78 is 0. The molecule has 0 aliphatic heterocycles. The number of hydrogen-bond donors (Lipinski definition) is 2. The van der Waals surface area contributed by atoms with Gasteiger partial charge in [-0.15, -0.1) is 0 Å². The molecule has 0 aromatic heterocycles. The summed E-state index contributed by atoms with van der Waals surface area (Å²) in [6, 6.07) is 0. The molecule has 116 valence electrons. The van der Waals surface area contributed by atoms with Crippen LogP contribution in [0.1, 0.15) is 104 Å². The quantitative estimate of drug-likeness (QED) is 0.255. The number of rotatable bonds is 14. The Bertz CT molecular complexity index is 160. The molecule has 3 N–H and O–H groups in total. The fourth-order valence-electron chi connectivity index (χ4n) is 2.86. The van der Waals surface area contributed by atoms with E-state index in [0.717, 1.165) is 6.42 Å². The molecule has 0 fully saturated rings. The van der Waals surface area contributed by atoms with Crippen molar-refractivity contribution in [3.8, 4) is 0 Å². The number of hydrogen-bond acceptors (Lipinski definition) is 2. The van der Waals surface area contributed by atoms with Gasteiger partial charge in [0.1, 0.15) is 0 Å². The summed E-state index contributed by atoms with van der Waals surface area (Å²) in [5, 5.41) is 0. The zero-order valence-electron chi connectivity index (χ0n) is 13.8. The Balaban J connectivity index is 3.83. The third-order valence-corrected chi connectivity index (χ3v) is 4.50. The first-order chi connectivity index (χ1) is 9.24. The van der Waals surface area contributed by atoms with Gasteiger partial charge >= 0.3 is 0 Å². The van der Waals surface area contributed by atoms with E-state index in [2.05, 4.69) is 26.2 Å². The summed E-state index contributed by atoms with van der Waals surface area (Å²) in [6.45, 7) is 6.82. The molecule has 0 spiro atoms. The molecule has 0 rings (SSSR count). The van der Waals surface area contributed by atoms with Crippen molar-refractivity contribution in [2.45, 2.75) is 110 Å². The van der Waals surface area contributed by atoms with Crippen molar-refractivity contribution in [2.75, 3.05) is 0 Å². The SMILES string of the molecule is CCCCCCCC(CC)(CCCCCCC)NN. The third-order valence-electron chi connectivity index (χ3n) is 4.50. The Morgan fingerprint density at radius 3 is 1.42 bits per heavy atom. The minimum atomic E-state index is 0.207. The predicted molar refractivity (Wildman–Crippen MR) is 87.1 cm³/mol. The average Bonchev–Trinajstić information content (AvgIpc) is 2.45. The molecule has 0 radical (unpaired) electrons. The van der Waals surface area contributed by atoms with E-state index in [0.29, 0.717) is 0 Å². The molecule has 19 heavy (non-hydrogen) atoms. The second kappa shape index (κ2) is 12.9. The summed E-state index contributed by atoms with van der Waals surface area (Å²) in [5.74, 6) is 5.85. The maximum absolute atomic E-state index is 5.85. The minimum absolute atomic E-state index is 0.207. The summed E-state index contributed by atoms with van der Waals surface area (Å²) in [5.41, 5.74) is 3.35. The van der Waals surface area contributed by atoms with Crippen LogP contribution < -0.4 is 11.3 Å². The van der Waals surface area contributed by atoms with Crippen LogP contribution in [0, 0.1) is 0 Å². The standard InChI is InChI=1S/C17H38N2/c1-4-7-9-11-13-15-17(6-3,19-18)16-14-12-10-8-5-2/h19H,4-16,18H2,1-3H3. The van der Waals surface area contributed by atoms with Crippen molar-refractivity contribution in [2.24, 2.45) is 5.84 Å². The van der Waals surface area contributed by atoms with Gasteiger partial charge in [0.25, 0.3) is 0 Å². The first kappa shape index (κ1) is 18.9. The van der Waals surface area contributed by atoms with Gasteiger partial charge in [0, 0.05) is 5.54 Å². The molecule has 2 nitrogen and oxygen atoms in total. The molecule has 0 amide bonds. The van der Waals surface area contributed by atoms with Crippen molar-refractivity contribution >= 4 is 0 Å². The lowest BCUT2D eigenvalue weighted by Gasteiger charge is -2.32. The number of unbranched alkanes of at least 4 members (excludes halogenated alkanes) is 8. The van der Waals surface area contributed by atoms with Crippen LogP contribution in [0.5, 0.6) is 0 Å². The zero-order chi connectivity index (χ0) is 14.4. The highest BCUT2D eigenvalue weighted by molar-refractivity contribution is 4.84. The maximum Gasteiger partial charge on any atom is 0.0318 e. The van der Waals surface area contributed by atoms with Gasteiger partial charge in [-0.2, -0.15) is 0 Å². The number of nitrogens with two attached hydrogens (primary N) is 1. The molecule has 0 aromatic carbocycles. The lowest BCUT2D eigenvalue weighted by molar-refractivity contribution is 0.255. The molecular weight excluding hydrogens is 232 g/mol. The molecule has 0 atom stereocenters. The van der Waals surface area contributed by atoms with E-state index in [-0.39, 0.29) is 5.54 Å². The van der Waals surface area contributed by atoms with Gasteiger partial charge < -0.3 is 0 Å². The summed E-state index contributed by atoms with van der Waals surface area (Å²) in [6.07, 6.45) is 17.2. The minimum Gasteiger partial charge on any atom is -0.271 e. The fraction of sp³-hybridized carbons (Fsp3) is 1.00. The fourth-order valence-corrected chi connectivity index (χ4v) is 2.86. The lowest BCUT2D eigenvalue weighted by atomic mass is 9.84. The molecule has 0 aliphatic carbocycles. The van der Waals surface area contributed by atoms with Gasteiger partial charge in [0.2, 0.25) is 0 Å². The Morgan fingerprint density at radius 1 is 0.684 bits per heavy atom. The van der Waals surface area contributed by atoms with Gasteiger partial charge in [0.15, 0.2) is 0 Å². The molecule has 0 aliphatic rings. The van der Waals surface area contributed by atoms with E-state index in [9.17, 15) is 0 Å². The van der Waals surface area contributed by atoms with E-state index >= 15 is 0 Å². The molecule has 0 bridgehead atoms. The largest absolute Gasteiger partial charge is 0.271 e. The van der Waals surface area contributed by atoms with Crippen LogP contribution in [-0.2, 0) is 0 Å². The predicted octanol–water partition coefficient (Wildman–Crippen LogP) is 5.32. The van der Waals surface area contributed by atoms with Crippen molar-refractivity contribution in [3.05, 3.63) is 0 Å². The molecule has 0 heterocycles.